The zero-order chi connectivity index (χ0) is 18.1. The molecule has 0 unspecified atom stereocenters. The van der Waals surface area contributed by atoms with Crippen LogP contribution in [0.4, 0.5) is 14.9 Å². The molecule has 0 atom stereocenters. The van der Waals surface area contributed by atoms with Gasteiger partial charge in [-0.25, -0.2) is 9.18 Å². The fourth-order valence-corrected chi connectivity index (χ4v) is 3.07. The quantitative estimate of drug-likeness (QED) is 0.692. The third-order valence-corrected chi connectivity index (χ3v) is 4.49. The van der Waals surface area contributed by atoms with Gasteiger partial charge in [-0.2, -0.15) is 0 Å². The van der Waals surface area contributed by atoms with Crippen molar-refractivity contribution in [3.8, 4) is 16.9 Å². The Labute approximate surface area is 151 Å². The number of hydrogen-bond acceptors (Lipinski definition) is 2. The van der Waals surface area contributed by atoms with Crippen molar-refractivity contribution in [2.45, 2.75) is 18.8 Å². The Balaban J connectivity index is 1.54. The summed E-state index contributed by atoms with van der Waals surface area (Å²) in [6.45, 7) is 0. The molecule has 5 heteroatoms. The SMILES string of the molecule is Cn1cc(OC(=O)Nc2ccccc2-c2ccc(F)cc2)c(C2CC2)c1. The van der Waals surface area contributed by atoms with E-state index in [4.69, 9.17) is 4.74 Å². The highest BCUT2D eigenvalue weighted by atomic mass is 19.1. The molecule has 132 valence electrons. The minimum absolute atomic E-state index is 0.296. The molecule has 0 spiro atoms. The first kappa shape index (κ1) is 16.4. The number of aryl methyl sites for hydroxylation is 1. The molecule has 1 amide bonds. The highest BCUT2D eigenvalue weighted by Crippen LogP contribution is 2.44. The van der Waals surface area contributed by atoms with Gasteiger partial charge in [0.2, 0.25) is 0 Å². The summed E-state index contributed by atoms with van der Waals surface area (Å²) in [6, 6.07) is 13.5. The lowest BCUT2D eigenvalue weighted by Crippen LogP contribution is -2.17. The van der Waals surface area contributed by atoms with Crippen molar-refractivity contribution < 1.29 is 13.9 Å². The lowest BCUT2D eigenvalue weighted by molar-refractivity contribution is 0.215. The Morgan fingerprint density at radius 3 is 2.58 bits per heavy atom. The molecular weight excluding hydrogens is 331 g/mol. The van der Waals surface area contributed by atoms with Crippen LogP contribution in [0, 0.1) is 5.82 Å². The molecule has 4 rings (SSSR count). The summed E-state index contributed by atoms with van der Waals surface area (Å²) >= 11 is 0. The van der Waals surface area contributed by atoms with E-state index in [0.717, 1.165) is 29.5 Å². The molecule has 4 nitrogen and oxygen atoms in total. The zero-order valence-electron chi connectivity index (χ0n) is 14.4. The van der Waals surface area contributed by atoms with Crippen LogP contribution in [0.2, 0.25) is 0 Å². The smallest absolute Gasteiger partial charge is 0.408 e. The number of halogens is 1. The van der Waals surface area contributed by atoms with Gasteiger partial charge in [0, 0.05) is 30.6 Å². The molecule has 0 bridgehead atoms. The van der Waals surface area contributed by atoms with Gasteiger partial charge < -0.3 is 9.30 Å². The van der Waals surface area contributed by atoms with Crippen LogP contribution in [0.25, 0.3) is 11.1 Å². The standard InChI is InChI=1S/C21H19FN2O2/c1-24-12-18(15-6-7-15)20(13-24)26-21(25)23-19-5-3-2-4-17(19)14-8-10-16(22)11-9-14/h2-5,8-13,15H,6-7H2,1H3,(H,23,25). The Bertz CT molecular complexity index is 943. The number of para-hydroxylation sites is 1. The van der Waals surface area contributed by atoms with Crippen LogP contribution >= 0.6 is 0 Å². The summed E-state index contributed by atoms with van der Waals surface area (Å²) in [5, 5.41) is 2.80. The lowest BCUT2D eigenvalue weighted by Gasteiger charge is -2.12. The predicted octanol–water partition coefficient (Wildman–Crippen LogP) is 5.32. The van der Waals surface area contributed by atoms with Gasteiger partial charge in [0.15, 0.2) is 5.75 Å². The number of nitrogens with one attached hydrogen (secondary N) is 1. The van der Waals surface area contributed by atoms with E-state index in [1.807, 2.05) is 42.2 Å². The van der Waals surface area contributed by atoms with Gasteiger partial charge in [-0.3, -0.25) is 5.32 Å². The molecule has 1 fully saturated rings. The number of rotatable bonds is 4. The minimum Gasteiger partial charge on any atom is -0.408 e. The van der Waals surface area contributed by atoms with E-state index in [2.05, 4.69) is 5.32 Å². The average molecular weight is 350 g/mol. The van der Waals surface area contributed by atoms with Crippen LogP contribution in [0.3, 0.4) is 0 Å². The predicted molar refractivity (Wildman–Crippen MR) is 98.9 cm³/mol. The summed E-state index contributed by atoms with van der Waals surface area (Å²) in [4.78, 5) is 12.4. The van der Waals surface area contributed by atoms with E-state index < -0.39 is 6.09 Å². The lowest BCUT2D eigenvalue weighted by atomic mass is 10.0. The van der Waals surface area contributed by atoms with Crippen molar-refractivity contribution >= 4 is 11.8 Å². The molecule has 0 saturated heterocycles. The van der Waals surface area contributed by atoms with Gasteiger partial charge >= 0.3 is 6.09 Å². The van der Waals surface area contributed by atoms with E-state index in [-0.39, 0.29) is 5.82 Å². The van der Waals surface area contributed by atoms with Gasteiger partial charge in [-0.05, 0) is 42.5 Å². The van der Waals surface area contributed by atoms with Crippen molar-refractivity contribution in [3.05, 3.63) is 72.3 Å². The van der Waals surface area contributed by atoms with Gasteiger partial charge in [-0.1, -0.05) is 30.3 Å². The molecular formula is C21H19FN2O2. The number of carbonyl (C=O) groups excluding carboxylic acids is 1. The van der Waals surface area contributed by atoms with Crippen LogP contribution in [-0.4, -0.2) is 10.7 Å². The highest BCUT2D eigenvalue weighted by Gasteiger charge is 2.29. The summed E-state index contributed by atoms with van der Waals surface area (Å²) in [5.74, 6) is 0.799. The van der Waals surface area contributed by atoms with Crippen LogP contribution in [-0.2, 0) is 7.05 Å². The Hall–Kier alpha value is -3.08. The number of benzene rings is 2. The number of hydrogen-bond donors (Lipinski definition) is 1. The van der Waals surface area contributed by atoms with Crippen molar-refractivity contribution in [2.75, 3.05) is 5.32 Å². The van der Waals surface area contributed by atoms with Crippen LogP contribution in [0.15, 0.2) is 60.9 Å². The zero-order valence-corrected chi connectivity index (χ0v) is 14.4. The van der Waals surface area contributed by atoms with E-state index in [1.54, 1.807) is 18.2 Å². The first-order chi connectivity index (χ1) is 12.6. The second-order valence-electron chi connectivity index (χ2n) is 6.58. The van der Waals surface area contributed by atoms with Crippen molar-refractivity contribution in [1.29, 1.82) is 0 Å². The second-order valence-corrected chi connectivity index (χ2v) is 6.58. The molecule has 1 heterocycles. The molecule has 3 aromatic rings. The monoisotopic (exact) mass is 350 g/mol. The van der Waals surface area contributed by atoms with Crippen molar-refractivity contribution in [1.82, 2.24) is 4.57 Å². The molecule has 0 radical (unpaired) electrons. The number of amides is 1. The van der Waals surface area contributed by atoms with Gasteiger partial charge in [-0.15, -0.1) is 0 Å². The van der Waals surface area contributed by atoms with Crippen molar-refractivity contribution in [3.63, 3.8) is 0 Å². The Kier molecular flexibility index (Phi) is 4.21. The fraction of sp³-hybridized carbons (Fsp3) is 0.190. The molecule has 1 aliphatic carbocycles. The van der Waals surface area contributed by atoms with Gasteiger partial charge in [0.1, 0.15) is 5.82 Å². The summed E-state index contributed by atoms with van der Waals surface area (Å²) < 4.78 is 20.6. The van der Waals surface area contributed by atoms with Crippen LogP contribution in [0.1, 0.15) is 24.3 Å². The first-order valence-corrected chi connectivity index (χ1v) is 8.60. The summed E-state index contributed by atoms with van der Waals surface area (Å²) in [7, 11) is 1.92. The third-order valence-electron chi connectivity index (χ3n) is 4.49. The van der Waals surface area contributed by atoms with Crippen LogP contribution in [0.5, 0.6) is 5.75 Å². The number of nitrogens with zero attached hydrogens (tertiary/aromatic N) is 1. The van der Waals surface area contributed by atoms with E-state index in [9.17, 15) is 9.18 Å². The number of ether oxygens (including phenoxy) is 1. The summed E-state index contributed by atoms with van der Waals surface area (Å²) in [5.41, 5.74) is 3.32. The largest absolute Gasteiger partial charge is 0.417 e. The summed E-state index contributed by atoms with van der Waals surface area (Å²) in [6.07, 6.45) is 5.56. The van der Waals surface area contributed by atoms with Crippen molar-refractivity contribution in [2.24, 2.45) is 7.05 Å². The average Bonchev–Trinajstić information content (AvgIpc) is 3.40. The maximum atomic E-state index is 13.2. The number of carbonyl (C=O) groups is 1. The fourth-order valence-electron chi connectivity index (χ4n) is 3.07. The van der Waals surface area contributed by atoms with E-state index in [1.165, 1.54) is 12.1 Å². The maximum Gasteiger partial charge on any atom is 0.417 e. The first-order valence-electron chi connectivity index (χ1n) is 8.60. The third kappa shape index (κ3) is 3.47. The molecule has 1 saturated carbocycles. The Morgan fingerprint density at radius 2 is 1.85 bits per heavy atom. The molecule has 1 aliphatic rings. The van der Waals surface area contributed by atoms with Crippen LogP contribution < -0.4 is 10.1 Å². The topological polar surface area (TPSA) is 43.3 Å². The maximum absolute atomic E-state index is 13.2. The molecule has 1 N–H and O–H groups in total. The number of anilines is 1. The molecule has 26 heavy (non-hydrogen) atoms. The normalized spacial score (nSPS) is 13.5. The van der Waals surface area contributed by atoms with Gasteiger partial charge in [0.25, 0.3) is 0 Å². The van der Waals surface area contributed by atoms with Gasteiger partial charge in [0.05, 0.1) is 5.69 Å². The minimum atomic E-state index is -0.535. The molecule has 0 aliphatic heterocycles. The highest BCUT2D eigenvalue weighted by molar-refractivity contribution is 5.92. The van der Waals surface area contributed by atoms with E-state index in [0.29, 0.717) is 17.4 Å². The molecule has 1 aromatic heterocycles. The molecule has 2 aromatic carbocycles. The van der Waals surface area contributed by atoms with E-state index >= 15 is 0 Å². The number of aromatic nitrogens is 1. The Morgan fingerprint density at radius 1 is 1.12 bits per heavy atom. The second kappa shape index (κ2) is 6.67.